The molecule has 138 valence electrons. The monoisotopic (exact) mass is 366 g/mol. The van der Waals surface area contributed by atoms with Crippen molar-refractivity contribution < 1.29 is 14.0 Å². The maximum absolute atomic E-state index is 12.7. The molecule has 2 aromatic heterocycles. The zero-order chi connectivity index (χ0) is 18.8. The molecule has 0 bridgehead atoms. The second-order valence-corrected chi connectivity index (χ2v) is 6.37. The summed E-state index contributed by atoms with van der Waals surface area (Å²) < 4.78 is 5.14. The summed E-state index contributed by atoms with van der Waals surface area (Å²) in [7, 11) is 0. The molecule has 8 nitrogen and oxygen atoms in total. The normalized spacial score (nSPS) is 14.5. The fraction of sp³-hybridized carbons (Fsp3) is 0.263. The molecule has 1 aromatic carbocycles. The number of hydrogen-bond donors (Lipinski definition) is 1. The summed E-state index contributed by atoms with van der Waals surface area (Å²) >= 11 is 0. The Labute approximate surface area is 154 Å². The van der Waals surface area contributed by atoms with Gasteiger partial charge in [-0.3, -0.25) is 14.4 Å². The van der Waals surface area contributed by atoms with Gasteiger partial charge in [0.15, 0.2) is 5.76 Å². The molecule has 0 aliphatic carbocycles. The van der Waals surface area contributed by atoms with Gasteiger partial charge in [-0.15, -0.1) is 0 Å². The highest BCUT2D eigenvalue weighted by Gasteiger charge is 2.26. The summed E-state index contributed by atoms with van der Waals surface area (Å²) in [5, 5.41) is 7.70. The average Bonchev–Trinajstić information content (AvgIpc) is 3.25. The largest absolute Gasteiger partial charge is 0.459 e. The van der Waals surface area contributed by atoms with Crippen LogP contribution in [0.15, 0.2) is 51.9 Å². The number of aromatic nitrogens is 2. The van der Waals surface area contributed by atoms with E-state index in [2.05, 4.69) is 10.2 Å². The zero-order valence-corrected chi connectivity index (χ0v) is 14.6. The van der Waals surface area contributed by atoms with Crippen LogP contribution in [0.25, 0.3) is 10.8 Å². The molecular weight excluding hydrogens is 348 g/mol. The number of amides is 2. The Hall–Kier alpha value is -3.42. The van der Waals surface area contributed by atoms with E-state index < -0.39 is 0 Å². The molecule has 0 unspecified atom stereocenters. The molecule has 0 atom stereocenters. The number of piperazine rings is 1. The number of carbonyl (C=O) groups excluding carboxylic acids is 2. The molecule has 1 fully saturated rings. The Morgan fingerprint density at radius 3 is 2.41 bits per heavy atom. The topological polar surface area (TPSA) is 99.5 Å². The van der Waals surface area contributed by atoms with E-state index in [1.807, 2.05) is 6.07 Å². The van der Waals surface area contributed by atoms with Crippen molar-refractivity contribution >= 4 is 22.6 Å². The Balaban J connectivity index is 1.43. The maximum atomic E-state index is 12.7. The molecule has 0 radical (unpaired) electrons. The maximum Gasteiger partial charge on any atom is 0.289 e. The molecule has 1 saturated heterocycles. The van der Waals surface area contributed by atoms with Crippen molar-refractivity contribution in [2.24, 2.45) is 0 Å². The van der Waals surface area contributed by atoms with Gasteiger partial charge in [0.05, 0.1) is 23.8 Å². The summed E-state index contributed by atoms with van der Waals surface area (Å²) in [6.45, 7) is 1.80. The van der Waals surface area contributed by atoms with E-state index in [0.717, 1.165) is 0 Å². The smallest absolute Gasteiger partial charge is 0.289 e. The molecule has 0 spiro atoms. The number of rotatable bonds is 3. The van der Waals surface area contributed by atoms with Crippen molar-refractivity contribution in [2.75, 3.05) is 26.2 Å². The summed E-state index contributed by atoms with van der Waals surface area (Å²) in [6.07, 6.45) is 1.57. The van der Waals surface area contributed by atoms with E-state index in [9.17, 15) is 14.4 Å². The number of carbonyl (C=O) groups is 2. The number of fused-ring (bicyclic) bond motifs is 1. The summed E-state index contributed by atoms with van der Waals surface area (Å²) in [5.74, 6) is 0.0591. The van der Waals surface area contributed by atoms with Crippen molar-refractivity contribution in [1.82, 2.24) is 20.0 Å². The third kappa shape index (κ3) is 3.33. The molecule has 27 heavy (non-hydrogen) atoms. The predicted octanol–water partition coefficient (Wildman–Crippen LogP) is 1.04. The van der Waals surface area contributed by atoms with Crippen LogP contribution in [-0.4, -0.2) is 58.0 Å². The van der Waals surface area contributed by atoms with Gasteiger partial charge in [0, 0.05) is 31.6 Å². The van der Waals surface area contributed by atoms with Crippen molar-refractivity contribution in [1.29, 1.82) is 0 Å². The zero-order valence-electron chi connectivity index (χ0n) is 14.6. The van der Waals surface area contributed by atoms with Crippen LogP contribution in [-0.2, 0) is 11.2 Å². The summed E-state index contributed by atoms with van der Waals surface area (Å²) in [6, 6.07) is 10.4. The highest BCUT2D eigenvalue weighted by molar-refractivity contribution is 5.92. The number of furan rings is 1. The van der Waals surface area contributed by atoms with Crippen molar-refractivity contribution in [2.45, 2.75) is 6.42 Å². The van der Waals surface area contributed by atoms with Crippen molar-refractivity contribution in [3.8, 4) is 0 Å². The highest BCUT2D eigenvalue weighted by atomic mass is 16.3. The molecule has 4 rings (SSSR count). The first-order chi connectivity index (χ1) is 13.1. The Bertz CT molecular complexity index is 1030. The number of nitrogens with zero attached hydrogens (tertiary/aromatic N) is 3. The molecule has 3 heterocycles. The highest BCUT2D eigenvalue weighted by Crippen LogP contribution is 2.15. The first-order valence-corrected chi connectivity index (χ1v) is 8.70. The Kier molecular flexibility index (Phi) is 4.45. The molecule has 1 N–H and O–H groups in total. The number of aromatic amines is 1. The fourth-order valence-electron chi connectivity index (χ4n) is 3.28. The first-order valence-electron chi connectivity index (χ1n) is 8.70. The van der Waals surface area contributed by atoms with Crippen LogP contribution < -0.4 is 5.56 Å². The second-order valence-electron chi connectivity index (χ2n) is 6.37. The summed E-state index contributed by atoms with van der Waals surface area (Å²) in [5.41, 5.74) is 0.274. The summed E-state index contributed by atoms with van der Waals surface area (Å²) in [4.78, 5) is 40.2. The van der Waals surface area contributed by atoms with Gasteiger partial charge in [0.25, 0.3) is 11.5 Å². The predicted molar refractivity (Wildman–Crippen MR) is 97.3 cm³/mol. The van der Waals surface area contributed by atoms with Gasteiger partial charge in [0.2, 0.25) is 5.91 Å². The molecule has 3 aromatic rings. The van der Waals surface area contributed by atoms with E-state index in [4.69, 9.17) is 4.42 Å². The lowest BCUT2D eigenvalue weighted by atomic mass is 10.1. The van der Waals surface area contributed by atoms with Gasteiger partial charge in [0.1, 0.15) is 0 Å². The van der Waals surface area contributed by atoms with Crippen molar-refractivity contribution in [3.05, 3.63) is 64.5 Å². The number of H-pyrrole nitrogens is 1. The van der Waals surface area contributed by atoms with Crippen LogP contribution in [0.4, 0.5) is 0 Å². The Morgan fingerprint density at radius 2 is 1.70 bits per heavy atom. The van der Waals surface area contributed by atoms with Gasteiger partial charge < -0.3 is 14.2 Å². The SMILES string of the molecule is O=C(Cc1n[nH]c(=O)c2ccccc12)N1CCN(C(=O)c2ccco2)CC1. The number of nitrogens with one attached hydrogen (secondary N) is 1. The van der Waals surface area contributed by atoms with Gasteiger partial charge in [-0.25, -0.2) is 5.10 Å². The molecule has 1 aliphatic rings. The average molecular weight is 366 g/mol. The molecule has 1 aliphatic heterocycles. The Morgan fingerprint density at radius 1 is 1.00 bits per heavy atom. The second kappa shape index (κ2) is 7.06. The van der Waals surface area contributed by atoms with Crippen LogP contribution in [0.5, 0.6) is 0 Å². The lowest BCUT2D eigenvalue weighted by Gasteiger charge is -2.34. The fourth-order valence-corrected chi connectivity index (χ4v) is 3.28. The van der Waals surface area contributed by atoms with Crippen LogP contribution >= 0.6 is 0 Å². The molecule has 2 amide bonds. The van der Waals surface area contributed by atoms with E-state index >= 15 is 0 Å². The van der Waals surface area contributed by atoms with E-state index in [-0.39, 0.29) is 23.8 Å². The molecule has 8 heteroatoms. The minimum absolute atomic E-state index is 0.0789. The molecular formula is C19H18N4O4. The number of benzene rings is 1. The standard InChI is InChI=1S/C19H18N4O4/c24-17(12-15-13-4-1-2-5-14(13)18(25)21-20-15)22-7-9-23(10-8-22)19(26)16-6-3-11-27-16/h1-6,11H,7-10,12H2,(H,21,25). The third-order valence-electron chi connectivity index (χ3n) is 4.75. The third-order valence-corrected chi connectivity index (χ3v) is 4.75. The van der Waals surface area contributed by atoms with Crippen molar-refractivity contribution in [3.63, 3.8) is 0 Å². The van der Waals surface area contributed by atoms with Gasteiger partial charge >= 0.3 is 0 Å². The lowest BCUT2D eigenvalue weighted by Crippen LogP contribution is -2.51. The van der Waals surface area contributed by atoms with Crippen LogP contribution in [0.3, 0.4) is 0 Å². The van der Waals surface area contributed by atoms with E-state index in [1.165, 1.54) is 6.26 Å². The quantitative estimate of drug-likeness (QED) is 0.747. The van der Waals surface area contributed by atoms with E-state index in [1.54, 1.807) is 40.1 Å². The van der Waals surface area contributed by atoms with Gasteiger partial charge in [-0.2, -0.15) is 5.10 Å². The van der Waals surface area contributed by atoms with Gasteiger partial charge in [-0.1, -0.05) is 18.2 Å². The minimum atomic E-state index is -0.271. The van der Waals surface area contributed by atoms with E-state index in [0.29, 0.717) is 48.4 Å². The van der Waals surface area contributed by atoms with Crippen LogP contribution in [0.2, 0.25) is 0 Å². The minimum Gasteiger partial charge on any atom is -0.459 e. The van der Waals surface area contributed by atoms with Crippen LogP contribution in [0.1, 0.15) is 16.2 Å². The first kappa shape index (κ1) is 17.0. The molecule has 0 saturated carbocycles. The number of hydrogen-bond acceptors (Lipinski definition) is 5. The van der Waals surface area contributed by atoms with Crippen LogP contribution in [0, 0.1) is 0 Å². The van der Waals surface area contributed by atoms with Gasteiger partial charge in [-0.05, 0) is 18.2 Å². The lowest BCUT2D eigenvalue weighted by molar-refractivity contribution is -0.132.